The molecule has 0 spiro atoms. The molecule has 0 saturated heterocycles. The normalized spacial score (nSPS) is 10.3. The molecular formula is C8H18N2O5. The van der Waals surface area contributed by atoms with E-state index in [9.17, 15) is 4.79 Å². The second kappa shape index (κ2) is 11.3. The lowest BCUT2D eigenvalue weighted by Crippen LogP contribution is -2.26. The summed E-state index contributed by atoms with van der Waals surface area (Å²) in [6.45, 7) is 2.31. The van der Waals surface area contributed by atoms with Crippen molar-refractivity contribution in [3.8, 4) is 0 Å². The molecule has 0 aliphatic heterocycles. The van der Waals surface area contributed by atoms with E-state index >= 15 is 0 Å². The average molecular weight is 222 g/mol. The van der Waals surface area contributed by atoms with Crippen molar-refractivity contribution in [1.82, 2.24) is 5.59 Å². The van der Waals surface area contributed by atoms with Crippen molar-refractivity contribution in [2.75, 3.05) is 40.1 Å². The molecule has 3 N–H and O–H groups in total. The zero-order valence-corrected chi connectivity index (χ0v) is 8.86. The van der Waals surface area contributed by atoms with Gasteiger partial charge in [-0.05, 0) is 0 Å². The summed E-state index contributed by atoms with van der Waals surface area (Å²) in [5.74, 6) is 4.30. The highest BCUT2D eigenvalue weighted by Crippen LogP contribution is 1.86. The summed E-state index contributed by atoms with van der Waals surface area (Å²) in [6, 6.07) is 0. The summed E-state index contributed by atoms with van der Waals surface area (Å²) >= 11 is 0. The number of hydrazine groups is 1. The highest BCUT2D eigenvalue weighted by atomic mass is 16.7. The van der Waals surface area contributed by atoms with E-state index in [1.165, 1.54) is 0 Å². The van der Waals surface area contributed by atoms with E-state index in [0.29, 0.717) is 26.4 Å². The number of nitrogens with two attached hydrogens (primary N) is 1. The van der Waals surface area contributed by atoms with E-state index in [0.717, 1.165) is 0 Å². The van der Waals surface area contributed by atoms with Gasteiger partial charge in [-0.1, -0.05) is 5.59 Å². The van der Waals surface area contributed by atoms with Gasteiger partial charge in [0.2, 0.25) is 0 Å². The SMILES string of the molecule is COCCOCCOCCC(=O)ONN. The van der Waals surface area contributed by atoms with Crippen molar-refractivity contribution in [1.29, 1.82) is 0 Å². The third-order valence-electron chi connectivity index (χ3n) is 1.43. The van der Waals surface area contributed by atoms with Crippen molar-refractivity contribution in [2.45, 2.75) is 6.42 Å². The van der Waals surface area contributed by atoms with Gasteiger partial charge in [0.05, 0.1) is 39.5 Å². The Morgan fingerprint density at radius 3 is 2.33 bits per heavy atom. The minimum absolute atomic E-state index is 0.155. The van der Waals surface area contributed by atoms with Crippen LogP contribution in [0.4, 0.5) is 0 Å². The van der Waals surface area contributed by atoms with Crippen molar-refractivity contribution in [3.63, 3.8) is 0 Å². The lowest BCUT2D eigenvalue weighted by molar-refractivity contribution is -0.152. The minimum atomic E-state index is -0.460. The van der Waals surface area contributed by atoms with E-state index in [4.69, 9.17) is 20.1 Å². The molecule has 0 atom stereocenters. The van der Waals surface area contributed by atoms with Gasteiger partial charge in [-0.15, -0.1) is 0 Å². The molecule has 0 aromatic rings. The van der Waals surface area contributed by atoms with E-state index in [1.54, 1.807) is 12.7 Å². The Morgan fingerprint density at radius 1 is 1.13 bits per heavy atom. The molecule has 0 bridgehead atoms. The number of carbonyl (C=O) groups excluding carboxylic acids is 1. The molecule has 0 heterocycles. The largest absolute Gasteiger partial charge is 0.382 e. The third kappa shape index (κ3) is 11.2. The summed E-state index contributed by atoms with van der Waals surface area (Å²) in [7, 11) is 1.61. The fraction of sp³-hybridized carbons (Fsp3) is 0.875. The summed E-state index contributed by atoms with van der Waals surface area (Å²) in [5.41, 5.74) is 1.80. The van der Waals surface area contributed by atoms with Crippen LogP contribution in [0, 0.1) is 0 Å². The first kappa shape index (κ1) is 14.3. The van der Waals surface area contributed by atoms with Crippen molar-refractivity contribution < 1.29 is 23.8 Å². The molecular weight excluding hydrogens is 204 g/mol. The smallest absolute Gasteiger partial charge is 0.328 e. The molecule has 15 heavy (non-hydrogen) atoms. The number of hydrogen-bond donors (Lipinski definition) is 2. The van der Waals surface area contributed by atoms with Crippen LogP contribution in [0.15, 0.2) is 0 Å². The molecule has 0 aliphatic carbocycles. The highest BCUT2D eigenvalue weighted by Gasteiger charge is 2.00. The zero-order valence-electron chi connectivity index (χ0n) is 8.86. The summed E-state index contributed by atoms with van der Waals surface area (Å²) < 4.78 is 15.0. The lowest BCUT2D eigenvalue weighted by Gasteiger charge is -2.05. The number of ether oxygens (including phenoxy) is 3. The van der Waals surface area contributed by atoms with Gasteiger partial charge in [0.1, 0.15) is 0 Å². The molecule has 0 aliphatic rings. The molecule has 7 heteroatoms. The summed E-state index contributed by atoms with van der Waals surface area (Å²) in [5, 5.41) is 0. The standard InChI is InChI=1S/C8H18N2O5/c1-12-4-5-14-7-6-13-3-2-8(11)15-10-9/h10H,2-7,9H2,1H3. The molecule has 0 aromatic carbocycles. The first-order chi connectivity index (χ1) is 7.31. The van der Waals surface area contributed by atoms with Gasteiger partial charge in [0.15, 0.2) is 0 Å². The van der Waals surface area contributed by atoms with Gasteiger partial charge in [-0.2, -0.15) is 0 Å². The molecule has 0 unspecified atom stereocenters. The molecule has 0 saturated carbocycles. The molecule has 0 fully saturated rings. The van der Waals surface area contributed by atoms with Gasteiger partial charge < -0.3 is 19.0 Å². The first-order valence-corrected chi connectivity index (χ1v) is 4.61. The average Bonchev–Trinajstić information content (AvgIpc) is 2.22. The van der Waals surface area contributed by atoms with Crippen LogP contribution in [0.25, 0.3) is 0 Å². The maximum atomic E-state index is 10.7. The fourth-order valence-corrected chi connectivity index (χ4v) is 0.736. The number of rotatable bonds is 10. The Balaban J connectivity index is 3.01. The maximum Gasteiger partial charge on any atom is 0.328 e. The molecule has 90 valence electrons. The predicted octanol–water partition coefficient (Wildman–Crippen LogP) is -1.02. The van der Waals surface area contributed by atoms with Crippen LogP contribution in [0.3, 0.4) is 0 Å². The monoisotopic (exact) mass is 222 g/mol. The number of methoxy groups -OCH3 is 1. The van der Waals surface area contributed by atoms with E-state index in [-0.39, 0.29) is 13.0 Å². The predicted molar refractivity (Wildman–Crippen MR) is 51.5 cm³/mol. The van der Waals surface area contributed by atoms with E-state index < -0.39 is 5.97 Å². The molecule has 0 amide bonds. The Bertz CT molecular complexity index is 156. The van der Waals surface area contributed by atoms with Gasteiger partial charge in [0, 0.05) is 7.11 Å². The van der Waals surface area contributed by atoms with Crippen molar-refractivity contribution in [2.24, 2.45) is 5.84 Å². The van der Waals surface area contributed by atoms with Crippen molar-refractivity contribution >= 4 is 5.97 Å². The number of nitrogens with one attached hydrogen (secondary N) is 1. The molecule has 0 radical (unpaired) electrons. The van der Waals surface area contributed by atoms with Crippen LogP contribution < -0.4 is 11.4 Å². The number of hydrogen-bond acceptors (Lipinski definition) is 7. The van der Waals surface area contributed by atoms with Crippen LogP contribution in [-0.2, 0) is 23.8 Å². The van der Waals surface area contributed by atoms with E-state index in [2.05, 4.69) is 4.84 Å². The van der Waals surface area contributed by atoms with E-state index in [1.807, 2.05) is 0 Å². The van der Waals surface area contributed by atoms with Gasteiger partial charge in [-0.25, -0.2) is 5.84 Å². The first-order valence-electron chi connectivity index (χ1n) is 4.61. The molecule has 0 aromatic heterocycles. The lowest BCUT2D eigenvalue weighted by atomic mass is 10.5. The van der Waals surface area contributed by atoms with Crippen molar-refractivity contribution in [3.05, 3.63) is 0 Å². The van der Waals surface area contributed by atoms with Crippen LogP contribution >= 0.6 is 0 Å². The second-order valence-electron chi connectivity index (χ2n) is 2.56. The van der Waals surface area contributed by atoms with Crippen LogP contribution in [0.2, 0.25) is 0 Å². The minimum Gasteiger partial charge on any atom is -0.382 e. The Morgan fingerprint density at radius 2 is 1.73 bits per heavy atom. The third-order valence-corrected chi connectivity index (χ3v) is 1.43. The Hall–Kier alpha value is -0.730. The zero-order chi connectivity index (χ0) is 11.4. The van der Waals surface area contributed by atoms with Gasteiger partial charge >= 0.3 is 5.97 Å². The van der Waals surface area contributed by atoms with Gasteiger partial charge in [0.25, 0.3) is 0 Å². The Labute approximate surface area is 88.7 Å². The summed E-state index contributed by atoms with van der Waals surface area (Å²) in [6.07, 6.45) is 0.155. The molecule has 0 rings (SSSR count). The topological polar surface area (TPSA) is 92.0 Å². The quantitative estimate of drug-likeness (QED) is 0.277. The van der Waals surface area contributed by atoms with Crippen LogP contribution in [0.5, 0.6) is 0 Å². The fourth-order valence-electron chi connectivity index (χ4n) is 0.736. The second-order valence-corrected chi connectivity index (χ2v) is 2.56. The highest BCUT2D eigenvalue weighted by molar-refractivity contribution is 5.69. The molecule has 7 nitrogen and oxygen atoms in total. The number of carbonyl (C=O) groups is 1. The van der Waals surface area contributed by atoms with Crippen LogP contribution in [-0.4, -0.2) is 46.1 Å². The Kier molecular flexibility index (Phi) is 10.8. The summed E-state index contributed by atoms with van der Waals surface area (Å²) in [4.78, 5) is 15.0. The van der Waals surface area contributed by atoms with Gasteiger partial charge in [-0.3, -0.25) is 4.79 Å². The maximum absolute atomic E-state index is 10.7. The van der Waals surface area contributed by atoms with Crippen LogP contribution in [0.1, 0.15) is 6.42 Å².